The molecule has 2 rings (SSSR count). The minimum atomic E-state index is -3.56. The van der Waals surface area contributed by atoms with Crippen molar-refractivity contribution in [1.29, 1.82) is 0 Å². The predicted octanol–water partition coefficient (Wildman–Crippen LogP) is 2.81. The van der Waals surface area contributed by atoms with E-state index in [0.29, 0.717) is 11.0 Å². The van der Waals surface area contributed by atoms with Crippen LogP contribution in [0.2, 0.25) is 5.15 Å². The second kappa shape index (κ2) is 4.90. The van der Waals surface area contributed by atoms with Crippen molar-refractivity contribution in [2.45, 2.75) is 11.8 Å². The van der Waals surface area contributed by atoms with Gasteiger partial charge in [0, 0.05) is 14.1 Å². The van der Waals surface area contributed by atoms with Gasteiger partial charge in [-0.05, 0) is 31.2 Å². The molecule has 0 atom stereocenters. The van der Waals surface area contributed by atoms with E-state index >= 15 is 0 Å². The third-order valence-corrected chi connectivity index (χ3v) is 5.19. The van der Waals surface area contributed by atoms with E-state index in [2.05, 4.69) is 0 Å². The summed E-state index contributed by atoms with van der Waals surface area (Å²) in [6.45, 7) is 1.91. The molecule has 0 spiro atoms. The number of halogens is 1. The summed E-state index contributed by atoms with van der Waals surface area (Å²) in [6, 6.07) is 10.1. The lowest BCUT2D eigenvalue weighted by molar-refractivity contribution is 0.593. The van der Waals surface area contributed by atoms with E-state index in [1.54, 1.807) is 48.0 Å². The Kier molecular flexibility index (Phi) is 3.60. The highest BCUT2D eigenvalue weighted by molar-refractivity contribution is 7.92. The first-order valence-electron chi connectivity index (χ1n) is 5.71. The number of hydrogen-bond acceptors (Lipinski definition) is 2. The van der Waals surface area contributed by atoms with Crippen molar-refractivity contribution in [1.82, 2.24) is 4.57 Å². The molecule has 19 heavy (non-hydrogen) atoms. The molecule has 0 bridgehead atoms. The standard InChI is InChI=1S/C13H15ClN2O2S/c1-10-4-6-11(7-5-10)19(17,18)16(3)13-9-8-12(14)15(13)2/h4-9H,1-3H3. The van der Waals surface area contributed by atoms with Gasteiger partial charge in [-0.3, -0.25) is 4.31 Å². The molecule has 0 aliphatic rings. The zero-order chi connectivity index (χ0) is 14.2. The first-order chi connectivity index (χ1) is 8.84. The lowest BCUT2D eigenvalue weighted by Gasteiger charge is -2.20. The molecule has 0 fully saturated rings. The summed E-state index contributed by atoms with van der Waals surface area (Å²) < 4.78 is 27.8. The number of nitrogens with zero attached hydrogens (tertiary/aromatic N) is 2. The molecule has 0 amide bonds. The van der Waals surface area contributed by atoms with E-state index in [9.17, 15) is 8.42 Å². The fraction of sp³-hybridized carbons (Fsp3) is 0.231. The highest BCUT2D eigenvalue weighted by Gasteiger charge is 2.23. The summed E-state index contributed by atoms with van der Waals surface area (Å²) in [5, 5.41) is 0.487. The van der Waals surface area contributed by atoms with Crippen molar-refractivity contribution in [3.63, 3.8) is 0 Å². The van der Waals surface area contributed by atoms with Crippen LogP contribution < -0.4 is 4.31 Å². The number of rotatable bonds is 3. The first-order valence-corrected chi connectivity index (χ1v) is 7.52. The molecule has 102 valence electrons. The average Bonchev–Trinajstić information content (AvgIpc) is 2.69. The number of hydrogen-bond donors (Lipinski definition) is 0. The third kappa shape index (κ3) is 2.48. The number of sulfonamides is 1. The van der Waals surface area contributed by atoms with Gasteiger partial charge in [-0.15, -0.1) is 0 Å². The summed E-state index contributed by atoms with van der Waals surface area (Å²) in [6.07, 6.45) is 0. The maximum absolute atomic E-state index is 12.5. The summed E-state index contributed by atoms with van der Waals surface area (Å²) >= 11 is 5.93. The normalized spacial score (nSPS) is 11.6. The molecule has 1 heterocycles. The van der Waals surface area contributed by atoms with Crippen LogP contribution in [-0.2, 0) is 17.1 Å². The summed E-state index contributed by atoms with van der Waals surface area (Å²) in [7, 11) is -0.328. The lowest BCUT2D eigenvalue weighted by atomic mass is 10.2. The number of benzene rings is 1. The Morgan fingerprint density at radius 3 is 2.16 bits per heavy atom. The molecular weight excluding hydrogens is 284 g/mol. The van der Waals surface area contributed by atoms with E-state index in [4.69, 9.17) is 11.6 Å². The van der Waals surface area contributed by atoms with Crippen LogP contribution >= 0.6 is 11.6 Å². The van der Waals surface area contributed by atoms with E-state index in [1.165, 1.54) is 11.4 Å². The second-order valence-electron chi connectivity index (χ2n) is 4.36. The van der Waals surface area contributed by atoms with Gasteiger partial charge in [0.15, 0.2) is 0 Å². The van der Waals surface area contributed by atoms with Crippen LogP contribution in [0, 0.1) is 6.92 Å². The molecule has 4 nitrogen and oxygen atoms in total. The van der Waals surface area contributed by atoms with Gasteiger partial charge in [-0.25, -0.2) is 8.42 Å². The molecule has 2 aromatic rings. The van der Waals surface area contributed by atoms with Crippen LogP contribution in [0.1, 0.15) is 5.56 Å². The van der Waals surface area contributed by atoms with Crippen LogP contribution in [0.15, 0.2) is 41.3 Å². The van der Waals surface area contributed by atoms with Gasteiger partial charge in [0.1, 0.15) is 11.0 Å². The van der Waals surface area contributed by atoms with Crippen molar-refractivity contribution in [3.05, 3.63) is 47.1 Å². The van der Waals surface area contributed by atoms with Crippen molar-refractivity contribution in [2.75, 3.05) is 11.4 Å². The smallest absolute Gasteiger partial charge is 0.265 e. The van der Waals surface area contributed by atoms with Gasteiger partial charge in [0.2, 0.25) is 0 Å². The largest absolute Gasteiger partial charge is 0.321 e. The van der Waals surface area contributed by atoms with E-state index in [0.717, 1.165) is 5.56 Å². The van der Waals surface area contributed by atoms with Crippen LogP contribution in [0.3, 0.4) is 0 Å². The van der Waals surface area contributed by atoms with E-state index in [-0.39, 0.29) is 4.90 Å². The molecule has 0 N–H and O–H groups in total. The molecule has 0 saturated heterocycles. The molecule has 0 radical (unpaired) electrons. The Hall–Kier alpha value is -1.46. The van der Waals surface area contributed by atoms with Gasteiger partial charge in [0.05, 0.1) is 4.90 Å². The average molecular weight is 299 g/mol. The number of anilines is 1. The molecule has 1 aromatic carbocycles. The van der Waals surface area contributed by atoms with Crippen molar-refractivity contribution >= 4 is 27.4 Å². The van der Waals surface area contributed by atoms with Crippen molar-refractivity contribution < 1.29 is 8.42 Å². The van der Waals surface area contributed by atoms with Crippen LogP contribution in [0.4, 0.5) is 5.82 Å². The Labute approximate surface area is 118 Å². The van der Waals surface area contributed by atoms with Crippen LogP contribution in [0.5, 0.6) is 0 Å². The lowest BCUT2D eigenvalue weighted by Crippen LogP contribution is -2.28. The van der Waals surface area contributed by atoms with Gasteiger partial charge >= 0.3 is 0 Å². The highest BCUT2D eigenvalue weighted by Crippen LogP contribution is 2.25. The number of aromatic nitrogens is 1. The molecular formula is C13H15ClN2O2S. The van der Waals surface area contributed by atoms with Crippen LogP contribution in [0.25, 0.3) is 0 Å². The van der Waals surface area contributed by atoms with Crippen molar-refractivity contribution in [2.24, 2.45) is 7.05 Å². The topological polar surface area (TPSA) is 42.3 Å². The Morgan fingerprint density at radius 2 is 1.68 bits per heavy atom. The quantitative estimate of drug-likeness (QED) is 0.874. The fourth-order valence-corrected chi connectivity index (χ4v) is 3.16. The highest BCUT2D eigenvalue weighted by atomic mass is 35.5. The Bertz CT molecular complexity index is 690. The van der Waals surface area contributed by atoms with Gasteiger partial charge in [0.25, 0.3) is 10.0 Å². The molecule has 0 aliphatic heterocycles. The van der Waals surface area contributed by atoms with Gasteiger partial charge < -0.3 is 4.57 Å². The fourth-order valence-electron chi connectivity index (χ4n) is 1.78. The Morgan fingerprint density at radius 1 is 1.11 bits per heavy atom. The molecule has 6 heteroatoms. The minimum absolute atomic E-state index is 0.262. The van der Waals surface area contributed by atoms with Gasteiger partial charge in [-0.1, -0.05) is 29.3 Å². The van der Waals surface area contributed by atoms with Crippen molar-refractivity contribution in [3.8, 4) is 0 Å². The third-order valence-electron chi connectivity index (χ3n) is 3.04. The molecule has 0 saturated carbocycles. The summed E-state index contributed by atoms with van der Waals surface area (Å²) in [5.74, 6) is 0.519. The van der Waals surface area contributed by atoms with E-state index in [1.807, 2.05) is 6.92 Å². The van der Waals surface area contributed by atoms with Gasteiger partial charge in [-0.2, -0.15) is 0 Å². The zero-order valence-corrected chi connectivity index (χ0v) is 12.5. The summed E-state index contributed by atoms with van der Waals surface area (Å²) in [5.41, 5.74) is 1.02. The maximum Gasteiger partial charge on any atom is 0.265 e. The monoisotopic (exact) mass is 298 g/mol. The maximum atomic E-state index is 12.5. The molecule has 1 aromatic heterocycles. The Balaban J connectivity index is 2.45. The first kappa shape index (κ1) is 14.0. The van der Waals surface area contributed by atoms with E-state index < -0.39 is 10.0 Å². The number of aryl methyl sites for hydroxylation is 1. The van der Waals surface area contributed by atoms with Crippen LogP contribution in [-0.4, -0.2) is 20.0 Å². The predicted molar refractivity (Wildman–Crippen MR) is 77.2 cm³/mol. The molecule has 0 aliphatic carbocycles. The minimum Gasteiger partial charge on any atom is -0.321 e. The second-order valence-corrected chi connectivity index (χ2v) is 6.72. The SMILES string of the molecule is Cc1ccc(S(=O)(=O)N(C)c2ccc(Cl)n2C)cc1. The summed E-state index contributed by atoms with van der Waals surface area (Å²) in [4.78, 5) is 0.262. The zero-order valence-electron chi connectivity index (χ0n) is 11.0. The molecule has 0 unspecified atom stereocenters.